The van der Waals surface area contributed by atoms with Gasteiger partial charge in [0.1, 0.15) is 5.69 Å². The van der Waals surface area contributed by atoms with Gasteiger partial charge < -0.3 is 0 Å². The number of hydrogen-bond donors (Lipinski definition) is 0. The Labute approximate surface area is 140 Å². The lowest BCUT2D eigenvalue weighted by Gasteiger charge is -2.10. The zero-order valence-electron chi connectivity index (χ0n) is 13.8. The Morgan fingerprint density at radius 1 is 1.35 bits per heavy atom. The topological polar surface area (TPSA) is 59.4 Å². The normalized spacial score (nSPS) is 12.5. The van der Waals surface area contributed by atoms with Crippen molar-refractivity contribution in [2.75, 3.05) is 7.05 Å². The Kier molecular flexibility index (Phi) is 5.55. The highest BCUT2D eigenvalue weighted by atomic mass is 32.1. The first-order chi connectivity index (χ1) is 10.9. The molecule has 120 valence electrons. The van der Waals surface area contributed by atoms with E-state index in [1.807, 2.05) is 32.0 Å². The van der Waals surface area contributed by atoms with Crippen LogP contribution in [0.1, 0.15) is 62.4 Å². The van der Waals surface area contributed by atoms with E-state index in [1.165, 1.54) is 11.3 Å². The number of Topliss-reactive ketones (excluding diaryl/α,β-unsaturated/α-hetero) is 2. The second-order valence-corrected chi connectivity index (χ2v) is 6.68. The lowest BCUT2D eigenvalue weighted by molar-refractivity contribution is 0.0969. The van der Waals surface area contributed by atoms with Crippen LogP contribution in [0.3, 0.4) is 0 Å². The van der Waals surface area contributed by atoms with E-state index >= 15 is 0 Å². The van der Waals surface area contributed by atoms with Gasteiger partial charge in [-0.2, -0.15) is 0 Å². The van der Waals surface area contributed by atoms with E-state index < -0.39 is 0 Å². The third kappa shape index (κ3) is 3.99. The Balaban J connectivity index is 2.21. The number of hydrogen-bond acceptors (Lipinski definition) is 5. The van der Waals surface area contributed by atoms with E-state index in [-0.39, 0.29) is 17.5 Å². The van der Waals surface area contributed by atoms with Crippen molar-refractivity contribution < 1.29 is 9.59 Å². The minimum atomic E-state index is -0.00567. The second kappa shape index (κ2) is 7.42. The summed E-state index contributed by atoms with van der Waals surface area (Å²) in [5, 5.41) is 0. The van der Waals surface area contributed by atoms with Crippen molar-refractivity contribution in [1.29, 1.82) is 0 Å². The van der Waals surface area contributed by atoms with Gasteiger partial charge in [-0.25, -0.2) is 0 Å². The minimum Gasteiger partial charge on any atom is -0.296 e. The van der Waals surface area contributed by atoms with E-state index in [4.69, 9.17) is 0 Å². The summed E-state index contributed by atoms with van der Waals surface area (Å²) in [5.41, 5.74) is 2.23. The Hall–Kier alpha value is -2.14. The molecule has 0 bridgehead atoms. The van der Waals surface area contributed by atoms with Crippen LogP contribution in [-0.2, 0) is 0 Å². The molecule has 0 amide bonds. The largest absolute Gasteiger partial charge is 0.296 e. The monoisotopic (exact) mass is 328 g/mol. The van der Waals surface area contributed by atoms with Gasteiger partial charge in [0.05, 0.1) is 4.88 Å². The zero-order chi connectivity index (χ0) is 17.0. The molecule has 0 aromatic carbocycles. The molecular weight excluding hydrogens is 308 g/mol. The van der Waals surface area contributed by atoms with Crippen LogP contribution in [0.25, 0.3) is 0 Å². The van der Waals surface area contributed by atoms with Gasteiger partial charge in [-0.05, 0) is 43.5 Å². The fourth-order valence-electron chi connectivity index (χ4n) is 2.37. The first kappa shape index (κ1) is 17.2. The summed E-state index contributed by atoms with van der Waals surface area (Å²) in [6, 6.07) is 5.62. The van der Waals surface area contributed by atoms with Crippen LogP contribution >= 0.6 is 11.3 Å². The maximum Gasteiger partial charge on any atom is 0.182 e. The third-order valence-electron chi connectivity index (χ3n) is 3.68. The fourth-order valence-corrected chi connectivity index (χ4v) is 3.32. The molecule has 1 unspecified atom stereocenters. The predicted molar refractivity (Wildman–Crippen MR) is 94.2 cm³/mol. The second-order valence-electron chi connectivity index (χ2n) is 5.56. The lowest BCUT2D eigenvalue weighted by atomic mass is 9.97. The number of nitrogens with zero attached hydrogens (tertiary/aromatic N) is 2. The van der Waals surface area contributed by atoms with Crippen LogP contribution in [0.2, 0.25) is 0 Å². The number of carbonyl (C=O) groups excluding carboxylic acids is 2. The van der Waals surface area contributed by atoms with Gasteiger partial charge in [0, 0.05) is 36.3 Å². The summed E-state index contributed by atoms with van der Waals surface area (Å²) in [5.74, 6) is 0.102. The highest BCUT2D eigenvalue weighted by Crippen LogP contribution is 2.28. The van der Waals surface area contributed by atoms with Gasteiger partial charge in [0.2, 0.25) is 0 Å². The third-order valence-corrected chi connectivity index (χ3v) is 5.10. The van der Waals surface area contributed by atoms with Gasteiger partial charge in [0.15, 0.2) is 11.6 Å². The molecule has 0 saturated heterocycles. The number of carbonyl (C=O) groups is 2. The Bertz CT molecular complexity index is 762. The molecule has 0 N–H and O–H groups in total. The Morgan fingerprint density at radius 3 is 2.70 bits per heavy atom. The van der Waals surface area contributed by atoms with Gasteiger partial charge in [-0.15, -0.1) is 11.3 Å². The molecule has 0 spiro atoms. The summed E-state index contributed by atoms with van der Waals surface area (Å²) in [6.45, 7) is 5.49. The average Bonchev–Trinajstić information content (AvgIpc) is 2.99. The van der Waals surface area contributed by atoms with Crippen molar-refractivity contribution in [3.05, 3.63) is 51.0 Å². The number of aryl methyl sites for hydroxylation is 1. The van der Waals surface area contributed by atoms with Crippen LogP contribution < -0.4 is 0 Å². The zero-order valence-corrected chi connectivity index (χ0v) is 14.6. The first-order valence-electron chi connectivity index (χ1n) is 7.45. The highest BCUT2D eigenvalue weighted by Gasteiger charge is 2.19. The molecule has 0 saturated carbocycles. The average molecular weight is 328 g/mol. The predicted octanol–water partition coefficient (Wildman–Crippen LogP) is 4.08. The van der Waals surface area contributed by atoms with Gasteiger partial charge in [0.25, 0.3) is 0 Å². The number of aromatic nitrogens is 1. The number of pyridine rings is 1. The van der Waals surface area contributed by atoms with Crippen LogP contribution in [0.15, 0.2) is 29.4 Å². The quantitative estimate of drug-likeness (QED) is 0.593. The van der Waals surface area contributed by atoms with Crippen molar-refractivity contribution in [3.63, 3.8) is 0 Å². The maximum atomic E-state index is 12.6. The summed E-state index contributed by atoms with van der Waals surface area (Å²) >= 11 is 1.46. The molecule has 0 fully saturated rings. The van der Waals surface area contributed by atoms with Crippen molar-refractivity contribution in [3.8, 4) is 0 Å². The van der Waals surface area contributed by atoms with Gasteiger partial charge in [-0.3, -0.25) is 19.6 Å². The SMILES string of the molecule is CN=Cc1c(C)ccnc1C(=O)CC(C)c1ccc(C(C)=O)s1. The molecular formula is C18H20N2O2S. The molecule has 0 radical (unpaired) electrons. The van der Waals surface area contributed by atoms with Gasteiger partial charge >= 0.3 is 0 Å². The number of aliphatic imine (C=N–C) groups is 1. The van der Waals surface area contributed by atoms with Crippen LogP contribution in [0.5, 0.6) is 0 Å². The number of ketones is 2. The molecule has 1 atom stereocenters. The van der Waals surface area contributed by atoms with E-state index in [9.17, 15) is 9.59 Å². The Morgan fingerprint density at radius 2 is 2.09 bits per heavy atom. The summed E-state index contributed by atoms with van der Waals surface area (Å²) < 4.78 is 0. The van der Waals surface area contributed by atoms with Crippen molar-refractivity contribution in [2.45, 2.75) is 33.1 Å². The fraction of sp³-hybridized carbons (Fsp3) is 0.333. The van der Waals surface area contributed by atoms with Crippen molar-refractivity contribution >= 4 is 29.1 Å². The van der Waals surface area contributed by atoms with Gasteiger partial charge in [-0.1, -0.05) is 6.92 Å². The number of rotatable bonds is 6. The van der Waals surface area contributed by atoms with Crippen LogP contribution in [0, 0.1) is 6.92 Å². The molecule has 0 aliphatic rings. The smallest absolute Gasteiger partial charge is 0.182 e. The maximum absolute atomic E-state index is 12.6. The van der Waals surface area contributed by atoms with Crippen LogP contribution in [-0.4, -0.2) is 29.8 Å². The van der Waals surface area contributed by atoms with E-state index in [2.05, 4.69) is 9.98 Å². The molecule has 23 heavy (non-hydrogen) atoms. The molecule has 2 heterocycles. The lowest BCUT2D eigenvalue weighted by Crippen LogP contribution is -2.10. The molecule has 0 aliphatic heterocycles. The minimum absolute atomic E-state index is 0.00567. The van der Waals surface area contributed by atoms with Crippen LogP contribution in [0.4, 0.5) is 0 Å². The van der Waals surface area contributed by atoms with Crippen molar-refractivity contribution in [1.82, 2.24) is 4.98 Å². The molecule has 0 aliphatic carbocycles. The standard InChI is InChI=1S/C18H20N2O2S/c1-11-7-8-20-18(14(11)10-19-4)15(22)9-12(2)16-5-6-17(23-16)13(3)21/h5-8,10,12H,9H2,1-4H3. The summed E-state index contributed by atoms with van der Waals surface area (Å²) in [6.07, 6.45) is 3.69. The van der Waals surface area contributed by atoms with E-state index in [0.29, 0.717) is 12.1 Å². The molecule has 2 rings (SSSR count). The van der Waals surface area contributed by atoms with E-state index in [1.54, 1.807) is 26.4 Å². The number of thiophene rings is 1. The highest BCUT2D eigenvalue weighted by molar-refractivity contribution is 7.14. The molecule has 2 aromatic rings. The van der Waals surface area contributed by atoms with Crippen molar-refractivity contribution in [2.24, 2.45) is 4.99 Å². The molecule has 2 aromatic heterocycles. The molecule has 5 heteroatoms. The van der Waals surface area contributed by atoms with E-state index in [0.717, 1.165) is 20.9 Å². The summed E-state index contributed by atoms with van der Waals surface area (Å²) in [7, 11) is 1.68. The summed E-state index contributed by atoms with van der Waals surface area (Å²) in [4.78, 5) is 34.1. The molecule has 4 nitrogen and oxygen atoms in total. The first-order valence-corrected chi connectivity index (χ1v) is 8.27.